The first kappa shape index (κ1) is 21.7. The number of nitrogens with one attached hydrogen (secondary N) is 3. The fourth-order valence-corrected chi connectivity index (χ4v) is 4.82. The summed E-state index contributed by atoms with van der Waals surface area (Å²) in [6.07, 6.45) is 7.57. The zero-order valence-corrected chi connectivity index (χ0v) is 19.0. The molecule has 3 heterocycles. The molecule has 1 aliphatic carbocycles. The van der Waals surface area contributed by atoms with Gasteiger partial charge in [0.1, 0.15) is 11.2 Å². The Kier molecular flexibility index (Phi) is 6.24. The third-order valence-corrected chi connectivity index (χ3v) is 6.76. The largest absolute Gasteiger partial charge is 0.357 e. The van der Waals surface area contributed by atoms with Crippen LogP contribution in [-0.4, -0.2) is 61.7 Å². The van der Waals surface area contributed by atoms with E-state index in [1.54, 1.807) is 13.8 Å². The number of carbonyl (C=O) groups is 2. The second-order valence-electron chi connectivity index (χ2n) is 8.18. The molecule has 1 aliphatic heterocycles. The zero-order chi connectivity index (χ0) is 22.0. The van der Waals surface area contributed by atoms with Crippen LogP contribution in [-0.2, 0) is 4.79 Å². The van der Waals surface area contributed by atoms with E-state index in [1.165, 1.54) is 41.7 Å². The number of amides is 3. The van der Waals surface area contributed by atoms with Gasteiger partial charge >= 0.3 is 6.03 Å². The average Bonchev–Trinajstić information content (AvgIpc) is 3.27. The lowest BCUT2D eigenvalue weighted by Crippen LogP contribution is -2.46. The Morgan fingerprint density at radius 3 is 2.74 bits per heavy atom. The SMILES string of the molecule is CC1(C)C(=O)NC(=O)N1CCNc1ncc(Cl)c(-c2nnc(NC3CCCCC3)s2)n1. The Labute approximate surface area is 189 Å². The molecule has 2 aromatic rings. The first-order valence-electron chi connectivity index (χ1n) is 10.3. The number of nitrogens with zero attached hydrogens (tertiary/aromatic N) is 5. The molecule has 2 aromatic heterocycles. The second-order valence-corrected chi connectivity index (χ2v) is 9.56. The van der Waals surface area contributed by atoms with Crippen LogP contribution in [0.2, 0.25) is 5.02 Å². The van der Waals surface area contributed by atoms with E-state index in [0.29, 0.717) is 40.8 Å². The van der Waals surface area contributed by atoms with Gasteiger partial charge in [0.05, 0.1) is 11.2 Å². The molecule has 2 fully saturated rings. The zero-order valence-electron chi connectivity index (χ0n) is 17.4. The van der Waals surface area contributed by atoms with Crippen LogP contribution >= 0.6 is 22.9 Å². The highest BCUT2D eigenvalue weighted by Gasteiger charge is 2.45. The van der Waals surface area contributed by atoms with Gasteiger partial charge in [-0.3, -0.25) is 10.1 Å². The van der Waals surface area contributed by atoms with Crippen molar-refractivity contribution in [1.29, 1.82) is 0 Å². The third-order valence-electron chi connectivity index (χ3n) is 5.62. The number of rotatable bonds is 7. The molecule has 3 amide bonds. The Morgan fingerprint density at radius 2 is 2.03 bits per heavy atom. The molecule has 10 nitrogen and oxygen atoms in total. The minimum absolute atomic E-state index is 0.309. The summed E-state index contributed by atoms with van der Waals surface area (Å²) in [5, 5.41) is 19.1. The molecule has 0 bridgehead atoms. The van der Waals surface area contributed by atoms with E-state index in [4.69, 9.17) is 11.6 Å². The van der Waals surface area contributed by atoms with Gasteiger partial charge in [-0.25, -0.2) is 14.8 Å². The molecular weight excluding hydrogens is 440 g/mol. The highest BCUT2D eigenvalue weighted by atomic mass is 35.5. The standard InChI is InChI=1S/C19H25ClN8O2S/c1-19(2)15(29)25-18(30)28(19)9-8-21-16-22-10-12(20)13(24-16)14-26-27-17(31-14)23-11-6-4-3-5-7-11/h10-11H,3-9H2,1-2H3,(H,23,27)(H,21,22,24)(H,25,29,30). The Balaban J connectivity index is 1.39. The van der Waals surface area contributed by atoms with Crippen molar-refractivity contribution < 1.29 is 9.59 Å². The molecule has 3 N–H and O–H groups in total. The van der Waals surface area contributed by atoms with Crippen LogP contribution in [0.25, 0.3) is 10.7 Å². The number of halogens is 1. The first-order valence-corrected chi connectivity index (χ1v) is 11.5. The van der Waals surface area contributed by atoms with E-state index in [0.717, 1.165) is 18.0 Å². The Bertz CT molecular complexity index is 976. The topological polar surface area (TPSA) is 125 Å². The highest BCUT2D eigenvalue weighted by molar-refractivity contribution is 7.18. The molecule has 0 spiro atoms. The molecule has 1 saturated heterocycles. The highest BCUT2D eigenvalue weighted by Crippen LogP contribution is 2.32. The summed E-state index contributed by atoms with van der Waals surface area (Å²) < 4.78 is 0. The van der Waals surface area contributed by atoms with E-state index in [9.17, 15) is 9.59 Å². The summed E-state index contributed by atoms with van der Waals surface area (Å²) in [4.78, 5) is 34.0. The van der Waals surface area contributed by atoms with E-state index >= 15 is 0 Å². The molecule has 31 heavy (non-hydrogen) atoms. The van der Waals surface area contributed by atoms with Crippen LogP contribution in [0.3, 0.4) is 0 Å². The van der Waals surface area contributed by atoms with Crippen molar-refractivity contribution in [3.8, 4) is 10.7 Å². The van der Waals surface area contributed by atoms with Crippen LogP contribution in [0.1, 0.15) is 46.0 Å². The summed E-state index contributed by atoms with van der Waals surface area (Å²) in [5.41, 5.74) is -0.387. The van der Waals surface area contributed by atoms with Gasteiger partial charge in [0.15, 0.2) is 5.01 Å². The quantitative estimate of drug-likeness (QED) is 0.533. The van der Waals surface area contributed by atoms with Crippen LogP contribution < -0.4 is 16.0 Å². The number of aromatic nitrogens is 4. The van der Waals surface area contributed by atoms with Crippen LogP contribution in [0, 0.1) is 0 Å². The summed E-state index contributed by atoms with van der Waals surface area (Å²) in [5.74, 6) is 0.0524. The van der Waals surface area contributed by atoms with Crippen molar-refractivity contribution >= 4 is 46.0 Å². The van der Waals surface area contributed by atoms with Crippen molar-refractivity contribution in [2.75, 3.05) is 23.7 Å². The van der Waals surface area contributed by atoms with Crippen LogP contribution in [0.5, 0.6) is 0 Å². The molecule has 0 aromatic carbocycles. The minimum Gasteiger partial charge on any atom is -0.357 e. The van der Waals surface area contributed by atoms with Gasteiger partial charge in [-0.2, -0.15) is 0 Å². The van der Waals surface area contributed by atoms with Gasteiger partial charge < -0.3 is 15.5 Å². The predicted octanol–water partition coefficient (Wildman–Crippen LogP) is 3.14. The van der Waals surface area contributed by atoms with Gasteiger partial charge in [-0.1, -0.05) is 42.2 Å². The summed E-state index contributed by atoms with van der Waals surface area (Å²) in [6, 6.07) is 0.0351. The van der Waals surface area contributed by atoms with Crippen LogP contribution in [0.4, 0.5) is 15.9 Å². The van der Waals surface area contributed by atoms with Crippen molar-refractivity contribution in [2.24, 2.45) is 0 Å². The van der Waals surface area contributed by atoms with Crippen LogP contribution in [0.15, 0.2) is 6.20 Å². The molecular formula is C19H25ClN8O2S. The number of urea groups is 1. The minimum atomic E-state index is -0.890. The number of hydrogen-bond acceptors (Lipinski definition) is 9. The molecule has 1 saturated carbocycles. The molecule has 2 aliphatic rings. The van der Waals surface area contributed by atoms with E-state index in [2.05, 4.69) is 36.1 Å². The van der Waals surface area contributed by atoms with Gasteiger partial charge in [-0.05, 0) is 26.7 Å². The molecule has 12 heteroatoms. The number of hydrogen-bond donors (Lipinski definition) is 3. The number of carbonyl (C=O) groups excluding carboxylic acids is 2. The Morgan fingerprint density at radius 1 is 1.26 bits per heavy atom. The monoisotopic (exact) mass is 464 g/mol. The van der Waals surface area contributed by atoms with Gasteiger partial charge in [-0.15, -0.1) is 10.2 Å². The normalized spacial score (nSPS) is 18.9. The molecule has 166 valence electrons. The van der Waals surface area contributed by atoms with E-state index in [1.807, 2.05) is 0 Å². The maximum atomic E-state index is 12.0. The van der Waals surface area contributed by atoms with Crippen molar-refractivity contribution in [3.05, 3.63) is 11.2 Å². The summed E-state index contributed by atoms with van der Waals surface area (Å²) >= 11 is 7.72. The lowest BCUT2D eigenvalue weighted by molar-refractivity contribution is -0.125. The smallest absolute Gasteiger partial charge is 0.325 e. The maximum Gasteiger partial charge on any atom is 0.325 e. The van der Waals surface area contributed by atoms with Gasteiger partial charge in [0.25, 0.3) is 5.91 Å². The van der Waals surface area contributed by atoms with Crippen molar-refractivity contribution in [3.63, 3.8) is 0 Å². The van der Waals surface area contributed by atoms with E-state index in [-0.39, 0.29) is 5.91 Å². The van der Waals surface area contributed by atoms with Crippen molar-refractivity contribution in [2.45, 2.75) is 57.5 Å². The lowest BCUT2D eigenvalue weighted by atomic mass is 9.96. The lowest BCUT2D eigenvalue weighted by Gasteiger charge is -2.27. The fraction of sp³-hybridized carbons (Fsp3) is 0.579. The first-order chi connectivity index (χ1) is 14.8. The Hall–Kier alpha value is -2.53. The molecule has 0 atom stereocenters. The third kappa shape index (κ3) is 4.72. The molecule has 4 rings (SSSR count). The fourth-order valence-electron chi connectivity index (χ4n) is 3.76. The molecule has 0 unspecified atom stereocenters. The summed E-state index contributed by atoms with van der Waals surface area (Å²) in [6.45, 7) is 4.10. The maximum absolute atomic E-state index is 12.0. The van der Waals surface area contributed by atoms with Crippen molar-refractivity contribution in [1.82, 2.24) is 30.4 Å². The average molecular weight is 465 g/mol. The predicted molar refractivity (Wildman–Crippen MR) is 119 cm³/mol. The summed E-state index contributed by atoms with van der Waals surface area (Å²) in [7, 11) is 0. The second kappa shape index (κ2) is 8.91. The molecule has 0 radical (unpaired) electrons. The van der Waals surface area contributed by atoms with E-state index < -0.39 is 11.6 Å². The van der Waals surface area contributed by atoms with Gasteiger partial charge in [0.2, 0.25) is 11.1 Å². The number of imide groups is 1. The van der Waals surface area contributed by atoms with Gasteiger partial charge in [0, 0.05) is 19.1 Å². The number of anilines is 2.